The number of nitrogens with zero attached hydrogens (tertiary/aromatic N) is 1. The summed E-state index contributed by atoms with van der Waals surface area (Å²) < 4.78 is 0. The quantitative estimate of drug-likeness (QED) is 0.824. The molecule has 2 N–H and O–H groups in total. The largest absolute Gasteiger partial charge is 0.320 e. The third-order valence-electron chi connectivity index (χ3n) is 3.95. The van der Waals surface area contributed by atoms with Crippen LogP contribution >= 0.6 is 0 Å². The summed E-state index contributed by atoms with van der Waals surface area (Å²) in [4.78, 5) is 2.58. The SMILES string of the molecule is CC1CCN(Cc2ccc(C#CCN)cc2)C(C)C1. The second-order valence-electron chi connectivity index (χ2n) is 5.65. The average Bonchev–Trinajstić information content (AvgIpc) is 2.41. The highest BCUT2D eigenvalue weighted by Crippen LogP contribution is 2.23. The molecule has 19 heavy (non-hydrogen) atoms. The molecule has 2 nitrogen and oxygen atoms in total. The number of hydrogen-bond acceptors (Lipinski definition) is 2. The summed E-state index contributed by atoms with van der Waals surface area (Å²) in [7, 11) is 0. The minimum atomic E-state index is 0.422. The number of hydrogen-bond donors (Lipinski definition) is 1. The summed E-state index contributed by atoms with van der Waals surface area (Å²) in [5.41, 5.74) is 7.80. The summed E-state index contributed by atoms with van der Waals surface area (Å²) >= 11 is 0. The van der Waals surface area contributed by atoms with Gasteiger partial charge in [-0.05, 0) is 49.9 Å². The maximum absolute atomic E-state index is 5.38. The van der Waals surface area contributed by atoms with Gasteiger partial charge in [0.25, 0.3) is 0 Å². The van der Waals surface area contributed by atoms with Crippen molar-refractivity contribution < 1.29 is 0 Å². The van der Waals surface area contributed by atoms with Crippen molar-refractivity contribution in [3.8, 4) is 11.8 Å². The van der Waals surface area contributed by atoms with Crippen LogP contribution in [0.3, 0.4) is 0 Å². The van der Waals surface area contributed by atoms with Crippen molar-refractivity contribution in [3.63, 3.8) is 0 Å². The highest BCUT2D eigenvalue weighted by atomic mass is 15.2. The molecule has 1 saturated heterocycles. The van der Waals surface area contributed by atoms with Crippen LogP contribution in [-0.2, 0) is 6.54 Å². The summed E-state index contributed by atoms with van der Waals surface area (Å²) in [5, 5.41) is 0. The lowest BCUT2D eigenvalue weighted by molar-refractivity contribution is 0.122. The Bertz CT molecular complexity index is 452. The molecule has 2 rings (SSSR count). The number of likely N-dealkylation sites (tertiary alicyclic amines) is 1. The van der Waals surface area contributed by atoms with Gasteiger partial charge in [-0.3, -0.25) is 4.90 Å². The van der Waals surface area contributed by atoms with Crippen LogP contribution in [0.1, 0.15) is 37.8 Å². The molecule has 1 aliphatic rings. The third-order valence-corrected chi connectivity index (χ3v) is 3.95. The molecule has 2 atom stereocenters. The van der Waals surface area contributed by atoms with E-state index < -0.39 is 0 Å². The van der Waals surface area contributed by atoms with Crippen molar-refractivity contribution in [2.24, 2.45) is 11.7 Å². The second-order valence-corrected chi connectivity index (χ2v) is 5.65. The van der Waals surface area contributed by atoms with Gasteiger partial charge in [0.05, 0.1) is 6.54 Å². The van der Waals surface area contributed by atoms with E-state index in [1.165, 1.54) is 24.9 Å². The van der Waals surface area contributed by atoms with Crippen molar-refractivity contribution in [1.82, 2.24) is 4.90 Å². The Hall–Kier alpha value is -1.30. The van der Waals surface area contributed by atoms with Gasteiger partial charge in [0.1, 0.15) is 0 Å². The van der Waals surface area contributed by atoms with Gasteiger partial charge in [0, 0.05) is 18.2 Å². The second kappa shape index (κ2) is 6.75. The number of piperidine rings is 1. The van der Waals surface area contributed by atoms with Crippen molar-refractivity contribution in [1.29, 1.82) is 0 Å². The lowest BCUT2D eigenvalue weighted by atomic mass is 9.93. The Balaban J connectivity index is 1.96. The first-order valence-electron chi connectivity index (χ1n) is 7.21. The zero-order chi connectivity index (χ0) is 13.7. The number of benzene rings is 1. The van der Waals surface area contributed by atoms with Gasteiger partial charge in [-0.15, -0.1) is 0 Å². The van der Waals surface area contributed by atoms with Gasteiger partial charge in [-0.2, -0.15) is 0 Å². The normalized spacial score (nSPS) is 23.7. The monoisotopic (exact) mass is 256 g/mol. The lowest BCUT2D eigenvalue weighted by Gasteiger charge is -2.36. The first-order valence-corrected chi connectivity index (χ1v) is 7.21. The first kappa shape index (κ1) is 14.1. The summed E-state index contributed by atoms with van der Waals surface area (Å²) in [5.74, 6) is 6.82. The summed E-state index contributed by atoms with van der Waals surface area (Å²) in [6, 6.07) is 9.25. The van der Waals surface area contributed by atoms with Crippen LogP contribution in [0.5, 0.6) is 0 Å². The van der Waals surface area contributed by atoms with Crippen LogP contribution in [0.2, 0.25) is 0 Å². The molecule has 0 radical (unpaired) electrons. The van der Waals surface area contributed by atoms with E-state index in [1.807, 2.05) is 0 Å². The van der Waals surface area contributed by atoms with Crippen molar-refractivity contribution in [2.45, 2.75) is 39.3 Å². The molecule has 1 aromatic carbocycles. The zero-order valence-electron chi connectivity index (χ0n) is 12.0. The van der Waals surface area contributed by atoms with E-state index >= 15 is 0 Å². The van der Waals surface area contributed by atoms with Gasteiger partial charge in [0.15, 0.2) is 0 Å². The van der Waals surface area contributed by atoms with E-state index in [0.29, 0.717) is 12.6 Å². The highest BCUT2D eigenvalue weighted by molar-refractivity contribution is 5.36. The van der Waals surface area contributed by atoms with Gasteiger partial charge in [-0.25, -0.2) is 0 Å². The average molecular weight is 256 g/mol. The highest BCUT2D eigenvalue weighted by Gasteiger charge is 2.22. The minimum absolute atomic E-state index is 0.422. The summed E-state index contributed by atoms with van der Waals surface area (Å²) in [6.07, 6.45) is 2.64. The van der Waals surface area contributed by atoms with Gasteiger partial charge in [0.2, 0.25) is 0 Å². The molecule has 102 valence electrons. The van der Waals surface area contributed by atoms with Crippen LogP contribution < -0.4 is 5.73 Å². The number of rotatable bonds is 2. The molecular weight excluding hydrogens is 232 g/mol. The molecule has 0 bridgehead atoms. The minimum Gasteiger partial charge on any atom is -0.320 e. The van der Waals surface area contributed by atoms with Crippen LogP contribution in [0.25, 0.3) is 0 Å². The summed E-state index contributed by atoms with van der Waals surface area (Å²) in [6.45, 7) is 7.40. The lowest BCUT2D eigenvalue weighted by Crippen LogP contribution is -2.39. The molecule has 1 heterocycles. The Morgan fingerprint density at radius 2 is 2.00 bits per heavy atom. The Kier molecular flexibility index (Phi) is 5.01. The van der Waals surface area contributed by atoms with Crippen LogP contribution in [0.15, 0.2) is 24.3 Å². The molecule has 0 aliphatic carbocycles. The van der Waals surface area contributed by atoms with E-state index in [-0.39, 0.29) is 0 Å². The van der Waals surface area contributed by atoms with E-state index in [2.05, 4.69) is 54.9 Å². The molecule has 1 fully saturated rings. The fourth-order valence-corrected chi connectivity index (χ4v) is 2.77. The third kappa shape index (κ3) is 4.09. The molecule has 2 heteroatoms. The molecule has 1 aromatic rings. The molecular formula is C17H24N2. The maximum atomic E-state index is 5.38. The van der Waals surface area contributed by atoms with Gasteiger partial charge >= 0.3 is 0 Å². The first-order chi connectivity index (χ1) is 9.19. The van der Waals surface area contributed by atoms with Gasteiger partial charge in [-0.1, -0.05) is 30.9 Å². The predicted octanol–water partition coefficient (Wildman–Crippen LogP) is 2.62. The molecule has 2 unspecified atom stereocenters. The van der Waals surface area contributed by atoms with E-state index in [9.17, 15) is 0 Å². The molecule has 0 aromatic heterocycles. The standard InChI is InChI=1S/C17H24N2/c1-14-9-11-19(15(2)12-14)13-17-7-5-16(6-8-17)4-3-10-18/h5-8,14-15H,9-13,18H2,1-2H3. The van der Waals surface area contributed by atoms with Crippen molar-refractivity contribution >= 4 is 0 Å². The number of nitrogens with two attached hydrogens (primary N) is 1. The Morgan fingerprint density at radius 1 is 1.26 bits per heavy atom. The van der Waals surface area contributed by atoms with Crippen LogP contribution in [0.4, 0.5) is 0 Å². The molecule has 0 amide bonds. The fourth-order valence-electron chi connectivity index (χ4n) is 2.77. The predicted molar refractivity (Wildman–Crippen MR) is 80.6 cm³/mol. The fraction of sp³-hybridized carbons (Fsp3) is 0.529. The van der Waals surface area contributed by atoms with E-state index in [4.69, 9.17) is 5.73 Å². The van der Waals surface area contributed by atoms with E-state index in [1.54, 1.807) is 0 Å². The van der Waals surface area contributed by atoms with Crippen molar-refractivity contribution in [2.75, 3.05) is 13.1 Å². The van der Waals surface area contributed by atoms with Crippen LogP contribution in [0, 0.1) is 17.8 Å². The van der Waals surface area contributed by atoms with Gasteiger partial charge < -0.3 is 5.73 Å². The Labute approximate surface area is 117 Å². The van der Waals surface area contributed by atoms with Crippen LogP contribution in [-0.4, -0.2) is 24.0 Å². The molecule has 1 aliphatic heterocycles. The topological polar surface area (TPSA) is 29.3 Å². The van der Waals surface area contributed by atoms with E-state index in [0.717, 1.165) is 18.0 Å². The zero-order valence-corrected chi connectivity index (χ0v) is 12.0. The smallest absolute Gasteiger partial charge is 0.0555 e. The van der Waals surface area contributed by atoms with Crippen molar-refractivity contribution in [3.05, 3.63) is 35.4 Å². The molecule has 0 spiro atoms. The Morgan fingerprint density at radius 3 is 2.63 bits per heavy atom. The molecule has 0 saturated carbocycles. The maximum Gasteiger partial charge on any atom is 0.0555 e.